The molecule has 0 bridgehead atoms. The van der Waals surface area contributed by atoms with Crippen molar-refractivity contribution >= 4 is 28.6 Å². The van der Waals surface area contributed by atoms with Gasteiger partial charge in [0, 0.05) is 11.9 Å². The molecule has 0 spiro atoms. The molecule has 21 heavy (non-hydrogen) atoms. The van der Waals surface area contributed by atoms with Crippen molar-refractivity contribution in [2.24, 2.45) is 0 Å². The number of anilines is 1. The van der Waals surface area contributed by atoms with Gasteiger partial charge >= 0.3 is 0 Å². The van der Waals surface area contributed by atoms with Crippen LogP contribution in [0.5, 0.6) is 0 Å². The minimum absolute atomic E-state index is 0.378. The van der Waals surface area contributed by atoms with E-state index >= 15 is 0 Å². The second-order valence-corrected chi connectivity index (χ2v) is 7.33. The van der Waals surface area contributed by atoms with Crippen molar-refractivity contribution in [1.82, 2.24) is 4.98 Å². The van der Waals surface area contributed by atoms with Gasteiger partial charge in [-0.3, -0.25) is 0 Å². The number of nitrogens with one attached hydrogen (secondary N) is 1. The summed E-state index contributed by atoms with van der Waals surface area (Å²) >= 11 is 7.12. The van der Waals surface area contributed by atoms with Crippen LogP contribution in [0.2, 0.25) is 4.47 Å². The standard InChI is InChI=1S/C16H21ClN2OS/c1-9(2)11-6-5-7-12(10(3)4)14(11)19-15(20)13-8-18-16(17)21-13/h5-10,15,19-20H,1-4H3. The van der Waals surface area contributed by atoms with Gasteiger partial charge in [0.2, 0.25) is 0 Å². The number of hydrogen-bond donors (Lipinski definition) is 2. The summed E-state index contributed by atoms with van der Waals surface area (Å²) in [5.74, 6) is 0.756. The Hall–Kier alpha value is -1.10. The second kappa shape index (κ2) is 6.77. The summed E-state index contributed by atoms with van der Waals surface area (Å²) in [5.41, 5.74) is 3.42. The zero-order chi connectivity index (χ0) is 15.6. The number of halogens is 1. The van der Waals surface area contributed by atoms with Crippen molar-refractivity contribution in [1.29, 1.82) is 0 Å². The monoisotopic (exact) mass is 324 g/mol. The Labute approximate surface area is 135 Å². The van der Waals surface area contributed by atoms with Crippen molar-refractivity contribution in [3.05, 3.63) is 44.9 Å². The molecule has 1 aromatic heterocycles. The molecule has 2 aromatic rings. The molecule has 0 amide bonds. The van der Waals surface area contributed by atoms with Gasteiger partial charge < -0.3 is 10.4 Å². The highest BCUT2D eigenvalue weighted by molar-refractivity contribution is 7.15. The predicted octanol–water partition coefficient (Wildman–Crippen LogP) is 5.15. The Kier molecular flexibility index (Phi) is 5.25. The van der Waals surface area contributed by atoms with Crippen LogP contribution in [-0.4, -0.2) is 10.1 Å². The van der Waals surface area contributed by atoms with Gasteiger partial charge in [-0.15, -0.1) is 11.3 Å². The van der Waals surface area contributed by atoms with Crippen molar-refractivity contribution in [3.8, 4) is 0 Å². The fourth-order valence-corrected chi connectivity index (χ4v) is 3.21. The van der Waals surface area contributed by atoms with Crippen LogP contribution < -0.4 is 5.32 Å². The highest BCUT2D eigenvalue weighted by atomic mass is 35.5. The largest absolute Gasteiger partial charge is 0.369 e. The van der Waals surface area contributed by atoms with E-state index in [9.17, 15) is 5.11 Å². The summed E-state index contributed by atoms with van der Waals surface area (Å²) in [6.45, 7) is 8.61. The molecule has 0 fully saturated rings. The summed E-state index contributed by atoms with van der Waals surface area (Å²) in [7, 11) is 0. The SMILES string of the molecule is CC(C)c1cccc(C(C)C)c1NC(O)c1cnc(Cl)s1. The Morgan fingerprint density at radius 3 is 2.14 bits per heavy atom. The maximum atomic E-state index is 10.4. The van der Waals surface area contributed by atoms with Crippen LogP contribution >= 0.6 is 22.9 Å². The lowest BCUT2D eigenvalue weighted by Crippen LogP contribution is -2.13. The third-order valence-corrected chi connectivity index (χ3v) is 4.59. The minimum atomic E-state index is -0.799. The van der Waals surface area contributed by atoms with Crippen LogP contribution in [0.3, 0.4) is 0 Å². The van der Waals surface area contributed by atoms with Gasteiger partial charge in [0.25, 0.3) is 0 Å². The fourth-order valence-electron chi connectivity index (χ4n) is 2.32. The topological polar surface area (TPSA) is 45.1 Å². The highest BCUT2D eigenvalue weighted by Crippen LogP contribution is 2.35. The van der Waals surface area contributed by atoms with Gasteiger partial charge in [0.1, 0.15) is 0 Å². The van der Waals surface area contributed by atoms with E-state index in [0.29, 0.717) is 21.2 Å². The zero-order valence-corrected chi connectivity index (χ0v) is 14.3. The molecular weight excluding hydrogens is 304 g/mol. The first-order valence-corrected chi connectivity index (χ1v) is 8.28. The highest BCUT2D eigenvalue weighted by Gasteiger charge is 2.18. The minimum Gasteiger partial charge on any atom is -0.369 e. The Morgan fingerprint density at radius 2 is 1.71 bits per heavy atom. The van der Waals surface area contributed by atoms with Crippen molar-refractivity contribution < 1.29 is 5.11 Å². The first-order valence-electron chi connectivity index (χ1n) is 7.08. The van der Waals surface area contributed by atoms with Crippen molar-refractivity contribution in [2.75, 3.05) is 5.32 Å². The van der Waals surface area contributed by atoms with Crippen molar-refractivity contribution in [3.63, 3.8) is 0 Å². The van der Waals surface area contributed by atoms with Gasteiger partial charge in [-0.2, -0.15) is 0 Å². The molecule has 0 aliphatic carbocycles. The van der Waals surface area contributed by atoms with E-state index in [4.69, 9.17) is 11.6 Å². The van der Waals surface area contributed by atoms with E-state index in [-0.39, 0.29) is 0 Å². The third-order valence-electron chi connectivity index (χ3n) is 3.42. The smallest absolute Gasteiger partial charge is 0.183 e. The molecule has 1 aromatic carbocycles. The lowest BCUT2D eigenvalue weighted by molar-refractivity contribution is 0.211. The summed E-state index contributed by atoms with van der Waals surface area (Å²) in [4.78, 5) is 4.69. The van der Waals surface area contributed by atoms with E-state index in [1.807, 2.05) is 0 Å². The van der Waals surface area contributed by atoms with Gasteiger partial charge in [-0.05, 0) is 23.0 Å². The Morgan fingerprint density at radius 1 is 1.14 bits per heavy atom. The molecule has 0 radical (unpaired) electrons. The van der Waals surface area contributed by atoms with Crippen LogP contribution in [0.1, 0.15) is 61.8 Å². The van der Waals surface area contributed by atoms with Crippen molar-refractivity contribution in [2.45, 2.75) is 45.8 Å². The molecule has 1 unspecified atom stereocenters. The molecule has 1 atom stereocenters. The molecule has 0 aliphatic heterocycles. The average Bonchev–Trinajstić information content (AvgIpc) is 2.85. The van der Waals surface area contributed by atoms with Crippen LogP contribution in [0.15, 0.2) is 24.4 Å². The summed E-state index contributed by atoms with van der Waals surface area (Å²) in [6, 6.07) is 6.28. The normalized spacial score (nSPS) is 13.0. The number of benzene rings is 1. The molecule has 3 nitrogen and oxygen atoms in total. The summed E-state index contributed by atoms with van der Waals surface area (Å²) in [5, 5.41) is 13.6. The summed E-state index contributed by atoms with van der Waals surface area (Å²) < 4.78 is 0.437. The number of aliphatic hydroxyl groups excluding tert-OH is 1. The second-order valence-electron chi connectivity index (χ2n) is 5.68. The Balaban J connectivity index is 2.37. The lowest BCUT2D eigenvalue weighted by atomic mass is 9.92. The molecule has 0 saturated heterocycles. The molecule has 0 saturated carbocycles. The van der Waals surface area contributed by atoms with E-state index < -0.39 is 6.23 Å². The Bertz CT molecular complexity index is 584. The van der Waals surface area contributed by atoms with E-state index in [1.165, 1.54) is 22.5 Å². The number of rotatable bonds is 5. The van der Waals surface area contributed by atoms with E-state index in [0.717, 1.165) is 5.69 Å². The molecular formula is C16H21ClN2OS. The van der Waals surface area contributed by atoms with Gasteiger partial charge in [0.05, 0.1) is 4.88 Å². The van der Waals surface area contributed by atoms with Crippen LogP contribution in [0.4, 0.5) is 5.69 Å². The first-order chi connectivity index (χ1) is 9.90. The van der Waals surface area contributed by atoms with E-state index in [2.05, 4.69) is 56.2 Å². The number of aromatic nitrogens is 1. The number of thiazole rings is 1. The molecule has 1 heterocycles. The van der Waals surface area contributed by atoms with Gasteiger partial charge in [0.15, 0.2) is 10.7 Å². The van der Waals surface area contributed by atoms with Crippen LogP contribution in [0, 0.1) is 0 Å². The summed E-state index contributed by atoms with van der Waals surface area (Å²) in [6.07, 6.45) is 0.810. The lowest BCUT2D eigenvalue weighted by Gasteiger charge is -2.23. The zero-order valence-electron chi connectivity index (χ0n) is 12.7. The molecule has 2 rings (SSSR count). The fraction of sp³-hybridized carbons (Fsp3) is 0.438. The van der Waals surface area contributed by atoms with Crippen LogP contribution in [-0.2, 0) is 0 Å². The average molecular weight is 325 g/mol. The predicted molar refractivity (Wildman–Crippen MR) is 90.3 cm³/mol. The molecule has 114 valence electrons. The molecule has 0 aliphatic rings. The first kappa shape index (κ1) is 16.3. The van der Waals surface area contributed by atoms with E-state index in [1.54, 1.807) is 6.20 Å². The molecule has 2 N–H and O–H groups in total. The number of hydrogen-bond acceptors (Lipinski definition) is 4. The third kappa shape index (κ3) is 3.76. The number of para-hydroxylation sites is 1. The van der Waals surface area contributed by atoms with Gasteiger partial charge in [-0.1, -0.05) is 57.5 Å². The number of aliphatic hydroxyl groups is 1. The maximum absolute atomic E-state index is 10.4. The quantitative estimate of drug-likeness (QED) is 0.748. The van der Waals surface area contributed by atoms with Gasteiger partial charge in [-0.25, -0.2) is 4.98 Å². The van der Waals surface area contributed by atoms with Crippen LogP contribution in [0.25, 0.3) is 0 Å². The maximum Gasteiger partial charge on any atom is 0.183 e. The number of nitrogens with zero attached hydrogens (tertiary/aromatic N) is 1. The molecule has 5 heteroatoms.